The molecule has 0 radical (unpaired) electrons. The van der Waals surface area contributed by atoms with Crippen LogP contribution in [0.4, 0.5) is 5.95 Å². The molecule has 1 saturated carbocycles. The van der Waals surface area contributed by atoms with Crippen molar-refractivity contribution in [3.63, 3.8) is 0 Å². The monoisotopic (exact) mass is 404 g/mol. The van der Waals surface area contributed by atoms with Gasteiger partial charge in [-0.3, -0.25) is 14.9 Å². The molecule has 3 aromatic rings. The minimum absolute atomic E-state index is 0.0728. The quantitative estimate of drug-likeness (QED) is 0.561. The summed E-state index contributed by atoms with van der Waals surface area (Å²) < 4.78 is 2.21. The Hall–Kier alpha value is -3.15. The van der Waals surface area contributed by atoms with Gasteiger partial charge < -0.3 is 9.88 Å². The maximum absolute atomic E-state index is 12.6. The van der Waals surface area contributed by atoms with Crippen LogP contribution in [0, 0.1) is 0 Å². The van der Waals surface area contributed by atoms with Gasteiger partial charge in [-0.2, -0.15) is 0 Å². The van der Waals surface area contributed by atoms with Crippen LogP contribution in [0.25, 0.3) is 11.0 Å². The predicted octanol–water partition coefficient (Wildman–Crippen LogP) is 4.69. The van der Waals surface area contributed by atoms with E-state index in [1.807, 2.05) is 36.4 Å². The maximum Gasteiger partial charge on any atom is 0.251 e. The van der Waals surface area contributed by atoms with E-state index in [0.29, 0.717) is 36.9 Å². The smallest absolute Gasteiger partial charge is 0.251 e. The van der Waals surface area contributed by atoms with Gasteiger partial charge >= 0.3 is 0 Å². The van der Waals surface area contributed by atoms with E-state index < -0.39 is 0 Å². The molecule has 0 saturated heterocycles. The van der Waals surface area contributed by atoms with Crippen LogP contribution in [0.15, 0.2) is 54.6 Å². The fourth-order valence-corrected chi connectivity index (χ4v) is 4.17. The van der Waals surface area contributed by atoms with Gasteiger partial charge in [0.05, 0.1) is 11.0 Å². The number of amides is 2. The minimum Gasteiger partial charge on any atom is -0.352 e. The highest BCUT2D eigenvalue weighted by atomic mass is 16.2. The number of nitrogens with zero attached hydrogens (tertiary/aromatic N) is 2. The Labute approximate surface area is 176 Å². The Morgan fingerprint density at radius 3 is 2.50 bits per heavy atom. The number of rotatable bonds is 7. The summed E-state index contributed by atoms with van der Waals surface area (Å²) in [6, 6.07) is 17.5. The number of hydrogen-bond donors (Lipinski definition) is 2. The van der Waals surface area contributed by atoms with Gasteiger partial charge in [0.15, 0.2) is 0 Å². The van der Waals surface area contributed by atoms with Crippen LogP contribution in [0.5, 0.6) is 0 Å². The van der Waals surface area contributed by atoms with Gasteiger partial charge in [0.25, 0.3) is 5.91 Å². The van der Waals surface area contributed by atoms with Crippen molar-refractivity contribution in [1.29, 1.82) is 0 Å². The van der Waals surface area contributed by atoms with Crippen molar-refractivity contribution in [1.82, 2.24) is 14.9 Å². The molecule has 1 heterocycles. The zero-order valence-electron chi connectivity index (χ0n) is 17.1. The molecule has 0 aliphatic heterocycles. The molecule has 1 aromatic heterocycles. The molecule has 2 amide bonds. The molecule has 6 heteroatoms. The zero-order valence-corrected chi connectivity index (χ0v) is 17.1. The number of hydrogen-bond acceptors (Lipinski definition) is 3. The van der Waals surface area contributed by atoms with E-state index in [1.54, 1.807) is 12.1 Å². The first-order valence-corrected chi connectivity index (χ1v) is 10.8. The van der Waals surface area contributed by atoms with Crippen molar-refractivity contribution in [2.45, 2.75) is 51.0 Å². The number of fused-ring (bicyclic) bond motifs is 1. The van der Waals surface area contributed by atoms with E-state index in [2.05, 4.69) is 26.3 Å². The average molecular weight is 405 g/mol. The molecule has 156 valence electrons. The number of aromatic nitrogens is 2. The molecule has 30 heavy (non-hydrogen) atoms. The molecule has 0 spiro atoms. The van der Waals surface area contributed by atoms with Crippen molar-refractivity contribution < 1.29 is 9.59 Å². The van der Waals surface area contributed by atoms with Gasteiger partial charge in [-0.25, -0.2) is 4.98 Å². The molecular weight excluding hydrogens is 376 g/mol. The lowest BCUT2D eigenvalue weighted by atomic mass is 9.95. The van der Waals surface area contributed by atoms with Crippen molar-refractivity contribution >= 4 is 28.8 Å². The van der Waals surface area contributed by atoms with Crippen molar-refractivity contribution in [3.05, 3.63) is 60.2 Å². The lowest BCUT2D eigenvalue weighted by Crippen LogP contribution is -2.25. The number of anilines is 1. The second-order valence-corrected chi connectivity index (χ2v) is 7.86. The van der Waals surface area contributed by atoms with Gasteiger partial charge in [-0.05, 0) is 43.5 Å². The van der Waals surface area contributed by atoms with E-state index >= 15 is 0 Å². The maximum atomic E-state index is 12.6. The number of nitrogens with one attached hydrogen (secondary N) is 2. The number of carbonyl (C=O) groups excluding carboxylic acids is 2. The first-order valence-electron chi connectivity index (χ1n) is 10.8. The summed E-state index contributed by atoms with van der Waals surface area (Å²) in [6.07, 6.45) is 6.86. The third-order valence-electron chi connectivity index (χ3n) is 5.69. The van der Waals surface area contributed by atoms with Crippen LogP contribution in [-0.4, -0.2) is 27.9 Å². The summed E-state index contributed by atoms with van der Waals surface area (Å²) in [5.41, 5.74) is 2.62. The number of imidazole rings is 1. The van der Waals surface area contributed by atoms with Crippen LogP contribution < -0.4 is 10.6 Å². The fourth-order valence-electron chi connectivity index (χ4n) is 4.17. The SMILES string of the molecule is O=C(CCCNC(=O)c1ccccc1)Nc1nc2ccccc2n1C1CCCCC1. The number of benzene rings is 2. The van der Waals surface area contributed by atoms with Gasteiger partial charge in [0.2, 0.25) is 11.9 Å². The van der Waals surface area contributed by atoms with Crippen molar-refractivity contribution in [2.24, 2.45) is 0 Å². The number of carbonyl (C=O) groups is 2. The predicted molar refractivity (Wildman–Crippen MR) is 118 cm³/mol. The third kappa shape index (κ3) is 4.70. The van der Waals surface area contributed by atoms with Gasteiger partial charge in [-0.1, -0.05) is 49.6 Å². The molecule has 1 aliphatic rings. The Kier molecular flexibility index (Phi) is 6.42. The molecule has 4 rings (SSSR count). The van der Waals surface area contributed by atoms with E-state index in [4.69, 9.17) is 0 Å². The third-order valence-corrected chi connectivity index (χ3v) is 5.69. The molecule has 1 fully saturated rings. The van der Waals surface area contributed by atoms with E-state index in [9.17, 15) is 9.59 Å². The van der Waals surface area contributed by atoms with Crippen LogP contribution in [-0.2, 0) is 4.79 Å². The second-order valence-electron chi connectivity index (χ2n) is 7.86. The Morgan fingerprint density at radius 2 is 1.70 bits per heavy atom. The summed E-state index contributed by atoms with van der Waals surface area (Å²) in [7, 11) is 0. The topological polar surface area (TPSA) is 76.0 Å². The number of para-hydroxylation sites is 2. The van der Waals surface area contributed by atoms with E-state index in [1.165, 1.54) is 19.3 Å². The van der Waals surface area contributed by atoms with E-state index in [0.717, 1.165) is 23.9 Å². The standard InChI is InChI=1S/C24H28N4O2/c29-22(16-9-17-25-23(30)18-10-3-1-4-11-18)27-24-26-20-14-7-8-15-21(20)28(24)19-12-5-2-6-13-19/h1,3-4,7-8,10-11,14-15,19H,2,5-6,9,12-13,16-17H2,(H,25,30)(H,26,27,29). The molecule has 6 nitrogen and oxygen atoms in total. The molecule has 2 N–H and O–H groups in total. The molecule has 1 aliphatic carbocycles. The second kappa shape index (κ2) is 9.57. The van der Waals surface area contributed by atoms with Gasteiger partial charge in [0.1, 0.15) is 0 Å². The van der Waals surface area contributed by atoms with E-state index in [-0.39, 0.29) is 11.8 Å². The van der Waals surface area contributed by atoms with Crippen LogP contribution in [0.2, 0.25) is 0 Å². The highest BCUT2D eigenvalue weighted by molar-refractivity contribution is 5.94. The Balaban J connectivity index is 1.35. The molecular formula is C24H28N4O2. The van der Waals surface area contributed by atoms with Crippen LogP contribution in [0.1, 0.15) is 61.3 Å². The Morgan fingerprint density at radius 1 is 0.967 bits per heavy atom. The summed E-state index contributed by atoms with van der Waals surface area (Å²) in [5, 5.41) is 5.88. The molecule has 0 atom stereocenters. The fraction of sp³-hybridized carbons (Fsp3) is 0.375. The zero-order chi connectivity index (χ0) is 20.8. The first kappa shape index (κ1) is 20.1. The largest absolute Gasteiger partial charge is 0.352 e. The highest BCUT2D eigenvalue weighted by Gasteiger charge is 2.22. The lowest BCUT2D eigenvalue weighted by molar-refractivity contribution is -0.116. The van der Waals surface area contributed by atoms with Gasteiger partial charge in [-0.15, -0.1) is 0 Å². The molecule has 0 bridgehead atoms. The summed E-state index contributed by atoms with van der Waals surface area (Å²) >= 11 is 0. The summed E-state index contributed by atoms with van der Waals surface area (Å²) in [6.45, 7) is 0.459. The Bertz CT molecular complexity index is 1010. The van der Waals surface area contributed by atoms with Crippen LogP contribution >= 0.6 is 0 Å². The van der Waals surface area contributed by atoms with Crippen molar-refractivity contribution in [2.75, 3.05) is 11.9 Å². The lowest BCUT2D eigenvalue weighted by Gasteiger charge is -2.25. The average Bonchev–Trinajstić information content (AvgIpc) is 3.15. The summed E-state index contributed by atoms with van der Waals surface area (Å²) in [5.74, 6) is 0.452. The van der Waals surface area contributed by atoms with Gasteiger partial charge in [0, 0.05) is 24.6 Å². The summed E-state index contributed by atoms with van der Waals surface area (Å²) in [4.78, 5) is 29.3. The van der Waals surface area contributed by atoms with Crippen LogP contribution in [0.3, 0.4) is 0 Å². The van der Waals surface area contributed by atoms with Crippen molar-refractivity contribution in [3.8, 4) is 0 Å². The molecule has 0 unspecified atom stereocenters. The first-order chi connectivity index (χ1) is 14.7. The minimum atomic E-state index is -0.116. The highest BCUT2D eigenvalue weighted by Crippen LogP contribution is 2.34. The normalized spacial score (nSPS) is 14.5. The molecule has 2 aromatic carbocycles.